The van der Waals surface area contributed by atoms with Crippen molar-refractivity contribution in [3.05, 3.63) is 34.1 Å². The van der Waals surface area contributed by atoms with E-state index in [-0.39, 0.29) is 17.8 Å². The zero-order valence-electron chi connectivity index (χ0n) is 12.0. The van der Waals surface area contributed by atoms with Gasteiger partial charge in [-0.15, -0.1) is 0 Å². The van der Waals surface area contributed by atoms with Crippen molar-refractivity contribution in [3.8, 4) is 0 Å². The molecule has 0 aliphatic carbocycles. The van der Waals surface area contributed by atoms with Gasteiger partial charge < -0.3 is 9.64 Å². The van der Waals surface area contributed by atoms with Crippen molar-refractivity contribution in [2.24, 2.45) is 0 Å². The minimum absolute atomic E-state index is 0.0278. The Bertz CT molecular complexity index is 513. The van der Waals surface area contributed by atoms with Crippen LogP contribution in [0.4, 0.5) is 9.18 Å². The molecule has 0 N–H and O–H groups in total. The lowest BCUT2D eigenvalue weighted by atomic mass is 9.98. The number of hydrogen-bond acceptors (Lipinski definition) is 2. The number of carbonyl (C=O) groups excluding carboxylic acids is 1. The van der Waals surface area contributed by atoms with Crippen LogP contribution in [0.5, 0.6) is 0 Å². The number of halogens is 2. The molecule has 1 heterocycles. The fourth-order valence-electron chi connectivity index (χ4n) is 2.34. The summed E-state index contributed by atoms with van der Waals surface area (Å²) in [6, 6.07) is 5.28. The third kappa shape index (κ3) is 3.51. The first-order valence-electron chi connectivity index (χ1n) is 6.70. The van der Waals surface area contributed by atoms with Crippen molar-refractivity contribution >= 4 is 22.0 Å². The minimum Gasteiger partial charge on any atom is -0.444 e. The van der Waals surface area contributed by atoms with Crippen molar-refractivity contribution in [3.63, 3.8) is 0 Å². The summed E-state index contributed by atoms with van der Waals surface area (Å²) in [5.41, 5.74) is 0.154. The number of likely N-dealkylation sites (tertiary alicyclic amines) is 1. The van der Waals surface area contributed by atoms with Crippen LogP contribution < -0.4 is 0 Å². The number of nitrogens with zero attached hydrogens (tertiary/aromatic N) is 1. The maximum Gasteiger partial charge on any atom is 0.410 e. The van der Waals surface area contributed by atoms with Crippen LogP contribution >= 0.6 is 15.9 Å². The molecule has 0 aromatic heterocycles. The van der Waals surface area contributed by atoms with Crippen LogP contribution in [0.15, 0.2) is 22.7 Å². The molecule has 3 nitrogen and oxygen atoms in total. The molecule has 1 saturated heterocycles. The summed E-state index contributed by atoms with van der Waals surface area (Å²) in [5, 5.41) is 0. The average molecular weight is 344 g/mol. The Morgan fingerprint density at radius 2 is 2.15 bits per heavy atom. The van der Waals surface area contributed by atoms with E-state index in [2.05, 4.69) is 15.9 Å². The van der Waals surface area contributed by atoms with Crippen molar-refractivity contribution < 1.29 is 13.9 Å². The van der Waals surface area contributed by atoms with Crippen LogP contribution in [0.25, 0.3) is 0 Å². The fourth-order valence-corrected chi connectivity index (χ4v) is 2.72. The van der Waals surface area contributed by atoms with Gasteiger partial charge in [0.15, 0.2) is 0 Å². The molecule has 0 bridgehead atoms. The van der Waals surface area contributed by atoms with Gasteiger partial charge in [-0.1, -0.05) is 12.1 Å². The van der Waals surface area contributed by atoms with E-state index >= 15 is 0 Å². The Labute approximate surface area is 127 Å². The number of amides is 1. The second-order valence-corrected chi connectivity index (χ2v) is 6.91. The first kappa shape index (κ1) is 15.3. The SMILES string of the molecule is CC(C)(C)OC(=O)N1CCC(c2cccc(Br)c2F)C1. The van der Waals surface area contributed by atoms with Crippen molar-refractivity contribution in [1.29, 1.82) is 0 Å². The summed E-state index contributed by atoms with van der Waals surface area (Å²) < 4.78 is 19.9. The number of rotatable bonds is 1. The molecular formula is C15H19BrFNO2. The summed E-state index contributed by atoms with van der Waals surface area (Å²) in [7, 11) is 0. The van der Waals surface area contributed by atoms with Crippen LogP contribution in [-0.4, -0.2) is 29.7 Å². The van der Waals surface area contributed by atoms with E-state index in [0.29, 0.717) is 23.1 Å². The first-order chi connectivity index (χ1) is 9.28. The average Bonchev–Trinajstić information content (AvgIpc) is 2.80. The lowest BCUT2D eigenvalue weighted by molar-refractivity contribution is 0.0292. The van der Waals surface area contributed by atoms with Crippen LogP contribution in [0.3, 0.4) is 0 Å². The van der Waals surface area contributed by atoms with Gasteiger partial charge in [0.25, 0.3) is 0 Å². The topological polar surface area (TPSA) is 29.5 Å². The third-order valence-corrected chi connectivity index (χ3v) is 3.87. The highest BCUT2D eigenvalue weighted by Gasteiger charge is 2.31. The van der Waals surface area contributed by atoms with E-state index in [1.165, 1.54) is 0 Å². The minimum atomic E-state index is -0.504. The second kappa shape index (κ2) is 5.72. The van der Waals surface area contributed by atoms with E-state index in [4.69, 9.17) is 4.74 Å². The molecule has 1 aliphatic heterocycles. The van der Waals surface area contributed by atoms with E-state index in [9.17, 15) is 9.18 Å². The van der Waals surface area contributed by atoms with Crippen molar-refractivity contribution in [2.45, 2.75) is 38.7 Å². The molecule has 1 aliphatic rings. The molecule has 0 saturated carbocycles. The zero-order valence-corrected chi connectivity index (χ0v) is 13.5. The van der Waals surface area contributed by atoms with Gasteiger partial charge in [0.05, 0.1) is 4.47 Å². The molecule has 1 amide bonds. The number of carbonyl (C=O) groups is 1. The highest BCUT2D eigenvalue weighted by molar-refractivity contribution is 9.10. The molecular weight excluding hydrogens is 325 g/mol. The summed E-state index contributed by atoms with van der Waals surface area (Å²) in [4.78, 5) is 13.6. The van der Waals surface area contributed by atoms with E-state index < -0.39 is 5.60 Å². The Balaban J connectivity index is 2.06. The highest BCUT2D eigenvalue weighted by Crippen LogP contribution is 2.32. The number of benzene rings is 1. The Kier molecular flexibility index (Phi) is 4.37. The third-order valence-electron chi connectivity index (χ3n) is 3.26. The van der Waals surface area contributed by atoms with Crippen LogP contribution in [0.1, 0.15) is 38.7 Å². The quantitative estimate of drug-likeness (QED) is 0.760. The Morgan fingerprint density at radius 1 is 1.45 bits per heavy atom. The zero-order chi connectivity index (χ0) is 14.9. The van der Waals surface area contributed by atoms with Gasteiger partial charge in [-0.25, -0.2) is 9.18 Å². The normalized spacial score (nSPS) is 19.2. The largest absolute Gasteiger partial charge is 0.444 e. The molecule has 1 fully saturated rings. The van der Waals surface area contributed by atoms with E-state index in [0.717, 1.165) is 6.42 Å². The van der Waals surface area contributed by atoms with Crippen LogP contribution in [0, 0.1) is 5.82 Å². The summed E-state index contributed by atoms with van der Waals surface area (Å²) in [6.07, 6.45) is 0.433. The van der Waals surface area contributed by atoms with E-state index in [1.54, 1.807) is 17.0 Å². The molecule has 5 heteroatoms. The monoisotopic (exact) mass is 343 g/mol. The van der Waals surface area contributed by atoms with Crippen molar-refractivity contribution in [1.82, 2.24) is 4.90 Å². The van der Waals surface area contributed by atoms with Crippen LogP contribution in [-0.2, 0) is 4.74 Å². The predicted molar refractivity (Wildman–Crippen MR) is 79.3 cm³/mol. The highest BCUT2D eigenvalue weighted by atomic mass is 79.9. The fraction of sp³-hybridized carbons (Fsp3) is 0.533. The Hall–Kier alpha value is -1.10. The molecule has 2 rings (SSSR count). The lowest BCUT2D eigenvalue weighted by Gasteiger charge is -2.24. The molecule has 20 heavy (non-hydrogen) atoms. The molecule has 110 valence electrons. The van der Waals surface area contributed by atoms with Gasteiger partial charge in [0.1, 0.15) is 11.4 Å². The van der Waals surface area contributed by atoms with Gasteiger partial charge >= 0.3 is 6.09 Å². The maximum atomic E-state index is 14.1. The van der Waals surface area contributed by atoms with Crippen molar-refractivity contribution in [2.75, 3.05) is 13.1 Å². The lowest BCUT2D eigenvalue weighted by Crippen LogP contribution is -2.35. The van der Waals surface area contributed by atoms with Crippen LogP contribution in [0.2, 0.25) is 0 Å². The van der Waals surface area contributed by atoms with Gasteiger partial charge in [0.2, 0.25) is 0 Å². The summed E-state index contributed by atoms with van der Waals surface area (Å²) in [6.45, 7) is 6.62. The first-order valence-corrected chi connectivity index (χ1v) is 7.49. The van der Waals surface area contributed by atoms with Gasteiger partial charge in [0, 0.05) is 19.0 Å². The van der Waals surface area contributed by atoms with Gasteiger partial charge in [-0.3, -0.25) is 0 Å². The number of ether oxygens (including phenoxy) is 1. The second-order valence-electron chi connectivity index (χ2n) is 6.06. The molecule has 1 aromatic rings. The molecule has 1 atom stereocenters. The number of hydrogen-bond donors (Lipinski definition) is 0. The predicted octanol–water partition coefficient (Wildman–Crippen LogP) is 4.31. The smallest absolute Gasteiger partial charge is 0.410 e. The molecule has 0 radical (unpaired) electrons. The summed E-state index contributed by atoms with van der Waals surface area (Å²) in [5.74, 6) is -0.205. The standard InChI is InChI=1S/C15H19BrFNO2/c1-15(2,3)20-14(19)18-8-7-10(9-18)11-5-4-6-12(16)13(11)17/h4-6,10H,7-9H2,1-3H3. The summed E-state index contributed by atoms with van der Waals surface area (Å²) >= 11 is 3.20. The maximum absolute atomic E-state index is 14.1. The molecule has 1 aromatic carbocycles. The van der Waals surface area contributed by atoms with E-state index in [1.807, 2.05) is 26.8 Å². The molecule has 1 unspecified atom stereocenters. The van der Waals surface area contributed by atoms with Gasteiger partial charge in [-0.2, -0.15) is 0 Å². The Morgan fingerprint density at radius 3 is 2.80 bits per heavy atom. The molecule has 0 spiro atoms. The van der Waals surface area contributed by atoms with Gasteiger partial charge in [-0.05, 0) is 54.8 Å².